The molecule has 1 aromatic rings. The van der Waals surface area contributed by atoms with Gasteiger partial charge in [0, 0.05) is 26.0 Å². The van der Waals surface area contributed by atoms with Crippen LogP contribution in [0.25, 0.3) is 11.8 Å². The molecule has 2 N–H and O–H groups in total. The lowest BCUT2D eigenvalue weighted by atomic mass is 10.0. The van der Waals surface area contributed by atoms with E-state index in [2.05, 4.69) is 29.1 Å². The van der Waals surface area contributed by atoms with Gasteiger partial charge in [0.15, 0.2) is 11.8 Å². The first-order valence-corrected chi connectivity index (χ1v) is 9.33. The molecule has 0 amide bonds. The first-order valence-electron chi connectivity index (χ1n) is 9.33. The summed E-state index contributed by atoms with van der Waals surface area (Å²) in [6.45, 7) is 9.28. The second-order valence-corrected chi connectivity index (χ2v) is 6.54. The standard InChI is InChI=1S/C23H28N4O2/c1-6-19-20(7-2)27(4)22(23(26-19)28-5)18-13-10-12-17(15-18)11-8-9-14-21(25)29-16(3)24/h6-8,10-13,15,20,24-25H,1-2,9,14H2,3-5H3/b11-8+,24-16?,25-21?. The molecule has 0 bridgehead atoms. The Morgan fingerprint density at radius 3 is 2.69 bits per heavy atom. The maximum absolute atomic E-state index is 7.66. The van der Waals surface area contributed by atoms with Gasteiger partial charge in [-0.15, -0.1) is 6.58 Å². The molecule has 6 nitrogen and oxygen atoms in total. The van der Waals surface area contributed by atoms with E-state index in [1.54, 1.807) is 13.2 Å². The molecule has 1 heterocycles. The minimum absolute atomic E-state index is 0.0330. The zero-order valence-corrected chi connectivity index (χ0v) is 17.2. The van der Waals surface area contributed by atoms with Crippen molar-refractivity contribution in [2.24, 2.45) is 4.99 Å². The van der Waals surface area contributed by atoms with Crippen LogP contribution in [0.4, 0.5) is 0 Å². The number of rotatable bonds is 8. The molecule has 2 rings (SSSR count). The Labute approximate surface area is 172 Å². The first kappa shape index (κ1) is 21.9. The highest BCUT2D eigenvalue weighted by Gasteiger charge is 2.27. The van der Waals surface area contributed by atoms with Gasteiger partial charge >= 0.3 is 0 Å². The molecule has 1 unspecified atom stereocenters. The minimum atomic E-state index is -0.0797. The number of hydrogen-bond acceptors (Lipinski definition) is 6. The van der Waals surface area contributed by atoms with E-state index in [4.69, 9.17) is 20.3 Å². The van der Waals surface area contributed by atoms with Crippen molar-refractivity contribution in [2.75, 3.05) is 14.2 Å². The average Bonchev–Trinajstić information content (AvgIpc) is 2.70. The molecule has 1 aliphatic heterocycles. The second kappa shape index (κ2) is 10.2. The molecule has 0 aromatic heterocycles. The van der Waals surface area contributed by atoms with Crippen LogP contribution in [0.1, 0.15) is 30.9 Å². The van der Waals surface area contributed by atoms with Crippen molar-refractivity contribution in [2.45, 2.75) is 25.8 Å². The van der Waals surface area contributed by atoms with Crippen LogP contribution in [0.3, 0.4) is 0 Å². The van der Waals surface area contributed by atoms with Gasteiger partial charge in [-0.25, -0.2) is 4.99 Å². The number of methoxy groups -OCH3 is 1. The van der Waals surface area contributed by atoms with E-state index >= 15 is 0 Å². The molecule has 6 heteroatoms. The third-order valence-electron chi connectivity index (χ3n) is 4.42. The summed E-state index contributed by atoms with van der Waals surface area (Å²) in [5.74, 6) is 0.667. The van der Waals surface area contributed by atoms with E-state index in [1.165, 1.54) is 6.92 Å². The molecule has 1 aromatic carbocycles. The molecule has 0 radical (unpaired) electrons. The van der Waals surface area contributed by atoms with Crippen molar-refractivity contribution >= 4 is 29.3 Å². The van der Waals surface area contributed by atoms with Crippen LogP contribution in [-0.4, -0.2) is 42.6 Å². The summed E-state index contributed by atoms with van der Waals surface area (Å²) in [6.07, 6.45) is 8.67. The fraction of sp³-hybridized carbons (Fsp3) is 0.261. The molecule has 1 atom stereocenters. The fourth-order valence-corrected chi connectivity index (χ4v) is 3.10. The number of aliphatic imine (C=N–C) groups is 1. The number of likely N-dealkylation sites (N-methyl/N-ethyl adjacent to an activating group) is 1. The van der Waals surface area contributed by atoms with E-state index in [1.807, 2.05) is 43.5 Å². The highest BCUT2D eigenvalue weighted by molar-refractivity contribution is 6.03. The maximum atomic E-state index is 7.66. The Balaban J connectivity index is 2.24. The zero-order chi connectivity index (χ0) is 21.4. The second-order valence-electron chi connectivity index (χ2n) is 6.54. The summed E-state index contributed by atoms with van der Waals surface area (Å²) < 4.78 is 10.5. The van der Waals surface area contributed by atoms with Crippen LogP contribution in [0, 0.1) is 10.8 Å². The topological polar surface area (TPSA) is 81.8 Å². The molecule has 0 saturated heterocycles. The average molecular weight is 393 g/mol. The zero-order valence-electron chi connectivity index (χ0n) is 17.2. The normalized spacial score (nSPS) is 16.4. The Kier molecular flexibility index (Phi) is 7.71. The van der Waals surface area contributed by atoms with Gasteiger partial charge in [0.25, 0.3) is 0 Å². The first-order chi connectivity index (χ1) is 13.9. The Hall–Kier alpha value is -3.41. The number of allylic oxidation sites excluding steroid dienone is 1. The molecular formula is C23H28N4O2. The Bertz CT molecular complexity index is 896. The van der Waals surface area contributed by atoms with E-state index in [-0.39, 0.29) is 17.8 Å². The minimum Gasteiger partial charge on any atom is -0.479 e. The van der Waals surface area contributed by atoms with E-state index < -0.39 is 0 Å². The van der Waals surface area contributed by atoms with Crippen LogP contribution in [-0.2, 0) is 9.47 Å². The van der Waals surface area contributed by atoms with Crippen molar-refractivity contribution in [3.63, 3.8) is 0 Å². The highest BCUT2D eigenvalue weighted by Crippen LogP contribution is 2.30. The van der Waals surface area contributed by atoms with Gasteiger partial charge in [-0.3, -0.25) is 10.8 Å². The summed E-state index contributed by atoms with van der Waals surface area (Å²) in [6, 6.07) is 8.02. The Morgan fingerprint density at radius 2 is 2.07 bits per heavy atom. The van der Waals surface area contributed by atoms with Crippen LogP contribution < -0.4 is 0 Å². The number of nitrogens with zero attached hydrogens (tertiary/aromatic N) is 2. The van der Waals surface area contributed by atoms with Gasteiger partial charge in [-0.2, -0.15) is 0 Å². The summed E-state index contributed by atoms with van der Waals surface area (Å²) in [7, 11) is 3.59. The third kappa shape index (κ3) is 5.54. The molecule has 0 spiro atoms. The summed E-state index contributed by atoms with van der Waals surface area (Å²) in [5, 5.41) is 14.9. The van der Waals surface area contributed by atoms with Gasteiger partial charge in [0.2, 0.25) is 5.88 Å². The van der Waals surface area contributed by atoms with E-state index in [0.717, 1.165) is 22.5 Å². The van der Waals surface area contributed by atoms with E-state index in [9.17, 15) is 0 Å². The SMILES string of the molecule is C=CC1=NC(OC)=C(c2cccc(/C=C/CCC(=N)OC(C)=N)c2)N(C)C1C=C. The Morgan fingerprint density at radius 1 is 1.31 bits per heavy atom. The molecular weight excluding hydrogens is 364 g/mol. The fourth-order valence-electron chi connectivity index (χ4n) is 3.10. The van der Waals surface area contributed by atoms with Gasteiger partial charge in [-0.05, 0) is 24.1 Å². The molecule has 0 fully saturated rings. The van der Waals surface area contributed by atoms with Crippen molar-refractivity contribution in [3.8, 4) is 0 Å². The molecule has 1 aliphatic rings. The van der Waals surface area contributed by atoms with Gasteiger partial charge in [-0.1, -0.05) is 43.0 Å². The lowest BCUT2D eigenvalue weighted by molar-refractivity contribution is 0.275. The highest BCUT2D eigenvalue weighted by atomic mass is 16.5. The lowest BCUT2D eigenvalue weighted by Crippen LogP contribution is -2.38. The molecule has 0 aliphatic carbocycles. The van der Waals surface area contributed by atoms with Crippen LogP contribution >= 0.6 is 0 Å². The van der Waals surface area contributed by atoms with Crippen LogP contribution in [0.2, 0.25) is 0 Å². The summed E-state index contributed by atoms with van der Waals surface area (Å²) >= 11 is 0. The maximum Gasteiger partial charge on any atom is 0.238 e. The van der Waals surface area contributed by atoms with Gasteiger partial charge in [0.1, 0.15) is 5.70 Å². The monoisotopic (exact) mass is 392 g/mol. The van der Waals surface area contributed by atoms with Gasteiger partial charge < -0.3 is 14.4 Å². The van der Waals surface area contributed by atoms with Crippen LogP contribution in [0.5, 0.6) is 0 Å². The molecule has 0 saturated carbocycles. The smallest absolute Gasteiger partial charge is 0.238 e. The molecule has 29 heavy (non-hydrogen) atoms. The van der Waals surface area contributed by atoms with Gasteiger partial charge in [0.05, 0.1) is 18.9 Å². The number of hydrogen-bond donors (Lipinski definition) is 2. The van der Waals surface area contributed by atoms with Crippen molar-refractivity contribution < 1.29 is 9.47 Å². The third-order valence-corrected chi connectivity index (χ3v) is 4.42. The lowest BCUT2D eigenvalue weighted by Gasteiger charge is -2.34. The molecule has 152 valence electrons. The number of ether oxygens (including phenoxy) is 2. The summed E-state index contributed by atoms with van der Waals surface area (Å²) in [5.41, 5.74) is 3.70. The van der Waals surface area contributed by atoms with Crippen molar-refractivity contribution in [1.82, 2.24) is 4.90 Å². The van der Waals surface area contributed by atoms with E-state index in [0.29, 0.717) is 18.7 Å². The quantitative estimate of drug-likeness (QED) is 0.376. The van der Waals surface area contributed by atoms with Crippen LogP contribution in [0.15, 0.2) is 66.5 Å². The van der Waals surface area contributed by atoms with Crippen molar-refractivity contribution in [3.05, 3.63) is 72.7 Å². The van der Waals surface area contributed by atoms with Crippen molar-refractivity contribution in [1.29, 1.82) is 10.8 Å². The number of nitrogens with one attached hydrogen (secondary N) is 2. The largest absolute Gasteiger partial charge is 0.479 e. The predicted molar refractivity (Wildman–Crippen MR) is 120 cm³/mol. The number of benzene rings is 1. The summed E-state index contributed by atoms with van der Waals surface area (Å²) in [4.78, 5) is 6.68. The predicted octanol–water partition coefficient (Wildman–Crippen LogP) is 4.87.